The molecule has 2 rings (SSSR count). The van der Waals surface area contributed by atoms with Crippen LogP contribution in [0.25, 0.3) is 5.57 Å². The van der Waals surface area contributed by atoms with Crippen LogP contribution in [0, 0.1) is 40.4 Å². The third-order valence-electron chi connectivity index (χ3n) is 4.75. The van der Waals surface area contributed by atoms with Crippen molar-refractivity contribution in [3.8, 4) is 11.8 Å². The fraction of sp³-hybridized carbons (Fsp3) is 0.273. The molecule has 0 saturated heterocycles. The van der Waals surface area contributed by atoms with Crippen molar-refractivity contribution in [2.45, 2.75) is 38.8 Å². The zero-order valence-electron chi connectivity index (χ0n) is 17.6. The number of benzene rings is 2. The molecule has 2 aromatic rings. The number of phenolic OH excluding ortho intramolecular Hbond substituents is 1. The molecular formula is C22H19F5N2O4. The molecule has 0 aliphatic heterocycles. The molecule has 1 atom stereocenters. The van der Waals surface area contributed by atoms with E-state index in [-0.39, 0.29) is 12.2 Å². The van der Waals surface area contributed by atoms with Crippen LogP contribution in [0.1, 0.15) is 31.9 Å². The predicted molar refractivity (Wildman–Crippen MR) is 107 cm³/mol. The second-order valence-electron chi connectivity index (χ2n) is 8.03. The maximum atomic E-state index is 14.4. The fourth-order valence-electron chi connectivity index (χ4n) is 3.29. The predicted octanol–water partition coefficient (Wildman–Crippen LogP) is 5.27. The van der Waals surface area contributed by atoms with Gasteiger partial charge in [-0.05, 0) is 38.5 Å². The summed E-state index contributed by atoms with van der Waals surface area (Å²) in [7, 11) is 0. The zero-order chi connectivity index (χ0) is 25.2. The highest BCUT2D eigenvalue weighted by Gasteiger charge is 2.39. The van der Waals surface area contributed by atoms with E-state index in [0.29, 0.717) is 10.5 Å². The largest absolute Gasteiger partial charge is 0.509 e. The van der Waals surface area contributed by atoms with E-state index in [9.17, 15) is 47.3 Å². The number of hydrogen-bond acceptors (Lipinski definition) is 4. The first-order chi connectivity index (χ1) is 15.2. The Morgan fingerprint density at radius 1 is 0.970 bits per heavy atom. The van der Waals surface area contributed by atoms with Gasteiger partial charge in [0.15, 0.2) is 23.3 Å². The summed E-state index contributed by atoms with van der Waals surface area (Å²) in [4.78, 5) is 12.7. The molecule has 0 fully saturated rings. The van der Waals surface area contributed by atoms with Crippen molar-refractivity contribution in [2.24, 2.45) is 0 Å². The molecule has 1 amide bonds. The van der Waals surface area contributed by atoms with Crippen molar-refractivity contribution < 1.29 is 42.1 Å². The number of carboxylic acid groups (broad SMARTS) is 1. The Balaban J connectivity index is 2.85. The maximum Gasteiger partial charge on any atom is 0.408 e. The topological polar surface area (TPSA) is 105 Å². The lowest BCUT2D eigenvalue weighted by Crippen LogP contribution is -2.53. The number of halogens is 5. The van der Waals surface area contributed by atoms with Crippen LogP contribution in [0.15, 0.2) is 30.0 Å². The average molecular weight is 470 g/mol. The summed E-state index contributed by atoms with van der Waals surface area (Å²) in [5, 5.41) is 39.5. The number of nitrogens with zero attached hydrogens (tertiary/aromatic N) is 2. The van der Waals surface area contributed by atoms with E-state index in [1.807, 2.05) is 0 Å². The number of aliphatic hydroxyl groups is 1. The third-order valence-corrected chi connectivity index (χ3v) is 4.75. The lowest BCUT2D eigenvalue weighted by molar-refractivity contribution is 0.0674. The lowest BCUT2D eigenvalue weighted by Gasteiger charge is -2.39. The number of amides is 1. The molecule has 0 aliphatic rings. The monoisotopic (exact) mass is 470 g/mol. The first-order valence-electron chi connectivity index (χ1n) is 9.37. The van der Waals surface area contributed by atoms with Crippen LogP contribution in [0.3, 0.4) is 0 Å². The van der Waals surface area contributed by atoms with E-state index in [0.717, 1.165) is 0 Å². The van der Waals surface area contributed by atoms with Gasteiger partial charge in [0.05, 0.1) is 11.6 Å². The van der Waals surface area contributed by atoms with Gasteiger partial charge in [-0.2, -0.15) is 5.26 Å². The fourth-order valence-corrected chi connectivity index (χ4v) is 3.29. The van der Waals surface area contributed by atoms with Gasteiger partial charge in [-0.3, -0.25) is 4.90 Å². The highest BCUT2D eigenvalue weighted by Crippen LogP contribution is 2.33. The molecule has 176 valence electrons. The van der Waals surface area contributed by atoms with Crippen LogP contribution in [0.2, 0.25) is 0 Å². The SMILES string of the molecule is CC(C)(C)N(C(=O)O)C(Cc1ccc(O)cc1)C(O)=C(C#N)c1c(F)c(F)c(F)c(F)c1F. The lowest BCUT2D eigenvalue weighted by atomic mass is 9.93. The first kappa shape index (κ1) is 25.5. The van der Waals surface area contributed by atoms with Gasteiger partial charge in [-0.25, -0.2) is 26.7 Å². The standard InChI is InChI=1S/C22H19F5N2O4/c1-22(2,3)29(21(32)33)13(8-10-4-6-11(30)7-5-10)20(31)12(9-28)14-15(23)17(25)19(27)18(26)16(14)24/h4-7,13,30-31H,8H2,1-3H3,(H,32,33). The molecule has 0 aliphatic carbocycles. The van der Waals surface area contributed by atoms with Crippen LogP contribution in [0.5, 0.6) is 5.75 Å². The zero-order valence-corrected chi connectivity index (χ0v) is 17.6. The number of rotatable bonds is 5. The van der Waals surface area contributed by atoms with Crippen molar-refractivity contribution >= 4 is 11.7 Å². The molecule has 33 heavy (non-hydrogen) atoms. The number of aromatic hydroxyl groups is 1. The van der Waals surface area contributed by atoms with E-state index in [1.165, 1.54) is 51.1 Å². The molecule has 11 heteroatoms. The van der Waals surface area contributed by atoms with Gasteiger partial charge in [-0.15, -0.1) is 0 Å². The number of phenols is 1. The van der Waals surface area contributed by atoms with Crippen LogP contribution in [0.4, 0.5) is 26.7 Å². The highest BCUT2D eigenvalue weighted by atomic mass is 19.2. The average Bonchev–Trinajstić information content (AvgIpc) is 2.73. The molecule has 0 heterocycles. The summed E-state index contributed by atoms with van der Waals surface area (Å²) >= 11 is 0. The molecule has 0 bridgehead atoms. The van der Waals surface area contributed by atoms with Crippen molar-refractivity contribution in [2.75, 3.05) is 0 Å². The van der Waals surface area contributed by atoms with Crippen LogP contribution >= 0.6 is 0 Å². The minimum absolute atomic E-state index is 0.125. The Morgan fingerprint density at radius 3 is 1.82 bits per heavy atom. The van der Waals surface area contributed by atoms with Crippen molar-refractivity contribution in [3.05, 3.63) is 70.2 Å². The van der Waals surface area contributed by atoms with Crippen molar-refractivity contribution in [3.63, 3.8) is 0 Å². The van der Waals surface area contributed by atoms with E-state index in [2.05, 4.69) is 0 Å². The molecular weight excluding hydrogens is 451 g/mol. The van der Waals surface area contributed by atoms with E-state index >= 15 is 0 Å². The Hall–Kier alpha value is -3.81. The number of carbonyl (C=O) groups is 1. The van der Waals surface area contributed by atoms with Crippen LogP contribution in [-0.4, -0.2) is 37.9 Å². The van der Waals surface area contributed by atoms with Crippen LogP contribution < -0.4 is 0 Å². The highest BCUT2D eigenvalue weighted by molar-refractivity contribution is 5.80. The van der Waals surface area contributed by atoms with E-state index in [4.69, 9.17) is 0 Å². The molecule has 0 saturated carbocycles. The molecule has 2 aromatic carbocycles. The van der Waals surface area contributed by atoms with Crippen molar-refractivity contribution in [1.82, 2.24) is 4.90 Å². The Labute approximate surface area is 185 Å². The van der Waals surface area contributed by atoms with Gasteiger partial charge in [-0.1, -0.05) is 12.1 Å². The summed E-state index contributed by atoms with van der Waals surface area (Å²) in [5.74, 6) is -13.2. The van der Waals surface area contributed by atoms with Crippen LogP contribution in [-0.2, 0) is 6.42 Å². The first-order valence-corrected chi connectivity index (χ1v) is 9.37. The number of nitriles is 1. The molecule has 6 nitrogen and oxygen atoms in total. The van der Waals surface area contributed by atoms with E-state index in [1.54, 1.807) is 0 Å². The quantitative estimate of drug-likeness (QED) is 0.182. The summed E-state index contributed by atoms with van der Waals surface area (Å²) in [6, 6.07) is 4.80. The maximum absolute atomic E-state index is 14.4. The van der Waals surface area contributed by atoms with Crippen molar-refractivity contribution in [1.29, 1.82) is 5.26 Å². The molecule has 0 aromatic heterocycles. The summed E-state index contributed by atoms with van der Waals surface area (Å²) in [5.41, 5.74) is -3.91. The van der Waals surface area contributed by atoms with Gasteiger partial charge in [0.2, 0.25) is 5.82 Å². The minimum atomic E-state index is -2.45. The third kappa shape index (κ3) is 5.00. The summed E-state index contributed by atoms with van der Waals surface area (Å²) < 4.78 is 69.6. The second kappa shape index (κ2) is 9.36. The molecule has 0 radical (unpaired) electrons. The number of hydrogen-bond donors (Lipinski definition) is 3. The molecule has 1 unspecified atom stereocenters. The smallest absolute Gasteiger partial charge is 0.408 e. The molecule has 0 spiro atoms. The molecule has 3 N–H and O–H groups in total. The Kier molecular flexibility index (Phi) is 7.22. The van der Waals surface area contributed by atoms with Gasteiger partial charge in [0.25, 0.3) is 0 Å². The minimum Gasteiger partial charge on any atom is -0.509 e. The Morgan fingerprint density at radius 2 is 1.42 bits per heavy atom. The normalized spacial score (nSPS) is 13.2. The van der Waals surface area contributed by atoms with E-state index < -0.39 is 63.7 Å². The van der Waals surface area contributed by atoms with Gasteiger partial charge in [0, 0.05) is 12.0 Å². The Bertz CT molecular complexity index is 1120. The summed E-state index contributed by atoms with van der Waals surface area (Å²) in [6.07, 6.45) is -1.96. The second-order valence-corrected chi connectivity index (χ2v) is 8.03. The van der Waals surface area contributed by atoms with Gasteiger partial charge in [0.1, 0.15) is 23.2 Å². The summed E-state index contributed by atoms with van der Waals surface area (Å²) in [6.45, 7) is 4.30. The number of aliphatic hydroxyl groups excluding tert-OH is 1. The van der Waals surface area contributed by atoms with Gasteiger partial charge >= 0.3 is 6.09 Å². The van der Waals surface area contributed by atoms with Gasteiger partial charge < -0.3 is 15.3 Å². The number of allylic oxidation sites excluding steroid dienone is 1.